The van der Waals surface area contributed by atoms with Crippen LogP contribution in [0.2, 0.25) is 0 Å². The molecule has 3 unspecified atom stereocenters. The number of hydrogen-bond donors (Lipinski definition) is 4. The summed E-state index contributed by atoms with van der Waals surface area (Å²) >= 11 is 0. The topological polar surface area (TPSA) is 89.8 Å². The molecule has 0 bridgehead atoms. The van der Waals surface area contributed by atoms with Crippen molar-refractivity contribution in [3.05, 3.63) is 24.3 Å². The Kier molecular flexibility index (Phi) is 39.6. The lowest BCUT2D eigenvalue weighted by Gasteiger charge is -2.21. The number of carbonyl (C=O) groups is 1. The van der Waals surface area contributed by atoms with Crippen molar-refractivity contribution in [3.63, 3.8) is 0 Å². The van der Waals surface area contributed by atoms with Gasteiger partial charge in [0.2, 0.25) is 5.91 Å². The van der Waals surface area contributed by atoms with E-state index in [1.807, 2.05) is 6.08 Å². The van der Waals surface area contributed by atoms with Gasteiger partial charge in [0.15, 0.2) is 0 Å². The minimum absolute atomic E-state index is 0.00975. The molecule has 0 saturated carbocycles. The van der Waals surface area contributed by atoms with Gasteiger partial charge in [0.25, 0.3) is 0 Å². The Morgan fingerprint density at radius 1 is 0.500 bits per heavy atom. The molecule has 3 atom stereocenters. The van der Waals surface area contributed by atoms with Gasteiger partial charge in [-0.1, -0.05) is 218 Å². The summed E-state index contributed by atoms with van der Waals surface area (Å²) in [7, 11) is 0. The number of hydrogen-bond acceptors (Lipinski definition) is 4. The monoisotopic (exact) mass is 706 g/mol. The molecule has 0 rings (SSSR count). The van der Waals surface area contributed by atoms with Gasteiger partial charge in [-0.05, 0) is 32.1 Å². The minimum atomic E-state index is -0.948. The Morgan fingerprint density at radius 3 is 1.28 bits per heavy atom. The first kappa shape index (κ1) is 48.8. The van der Waals surface area contributed by atoms with Gasteiger partial charge in [-0.2, -0.15) is 0 Å². The van der Waals surface area contributed by atoms with Crippen molar-refractivity contribution in [2.75, 3.05) is 6.61 Å². The highest BCUT2D eigenvalue weighted by atomic mass is 16.3. The van der Waals surface area contributed by atoms with Crippen molar-refractivity contribution >= 4 is 5.91 Å². The number of unbranched alkanes of at least 4 members (excludes halogenated alkanes) is 29. The van der Waals surface area contributed by atoms with E-state index in [4.69, 9.17) is 0 Å². The van der Waals surface area contributed by atoms with Gasteiger partial charge in [0.1, 0.15) is 0 Å². The molecule has 0 aromatic carbocycles. The molecular formula is C45H87NO4. The third-order valence-corrected chi connectivity index (χ3v) is 10.2. The van der Waals surface area contributed by atoms with Crippen molar-refractivity contribution in [2.45, 2.75) is 250 Å². The van der Waals surface area contributed by atoms with Crippen molar-refractivity contribution in [1.82, 2.24) is 5.32 Å². The third-order valence-electron chi connectivity index (χ3n) is 10.2. The molecule has 296 valence electrons. The Balaban J connectivity index is 3.67. The third kappa shape index (κ3) is 36.6. The lowest BCUT2D eigenvalue weighted by molar-refractivity contribution is -0.124. The summed E-state index contributed by atoms with van der Waals surface area (Å²) in [5, 5.41) is 33.2. The Hall–Kier alpha value is -1.17. The van der Waals surface area contributed by atoms with Crippen LogP contribution in [0.25, 0.3) is 0 Å². The Bertz CT molecular complexity index is 739. The molecule has 50 heavy (non-hydrogen) atoms. The zero-order chi connectivity index (χ0) is 36.6. The zero-order valence-electron chi connectivity index (χ0n) is 33.5. The van der Waals surface area contributed by atoms with Crippen LogP contribution in [0.3, 0.4) is 0 Å². The Morgan fingerprint density at radius 2 is 0.860 bits per heavy atom. The molecule has 0 aliphatic carbocycles. The Labute approximate surface area is 312 Å². The standard InChI is InChI=1S/C45H87NO4/c1-3-5-7-9-11-13-15-17-19-21-22-23-24-26-28-30-32-34-36-38-42(48)40-45(50)46-43(41-47)44(49)39-37-35-33-31-29-27-25-20-18-16-14-12-10-8-6-4-2/h29,31,37,39,42-44,47-49H,3-28,30,32-36,38,40-41H2,1-2H3,(H,46,50)/b31-29+,39-37+. The molecule has 4 N–H and O–H groups in total. The van der Waals surface area contributed by atoms with E-state index >= 15 is 0 Å². The van der Waals surface area contributed by atoms with Gasteiger partial charge in [-0.3, -0.25) is 4.79 Å². The van der Waals surface area contributed by atoms with E-state index in [0.29, 0.717) is 6.42 Å². The summed E-state index contributed by atoms with van der Waals surface area (Å²) in [4.78, 5) is 12.4. The van der Waals surface area contributed by atoms with E-state index in [1.54, 1.807) is 6.08 Å². The second-order valence-corrected chi connectivity index (χ2v) is 15.3. The summed E-state index contributed by atoms with van der Waals surface area (Å²) < 4.78 is 0. The zero-order valence-corrected chi connectivity index (χ0v) is 33.5. The lowest BCUT2D eigenvalue weighted by Crippen LogP contribution is -2.45. The minimum Gasteiger partial charge on any atom is -0.394 e. The first-order valence-corrected chi connectivity index (χ1v) is 22.1. The van der Waals surface area contributed by atoms with Crippen molar-refractivity contribution in [2.24, 2.45) is 0 Å². The second kappa shape index (κ2) is 40.6. The average molecular weight is 706 g/mol. The fourth-order valence-corrected chi connectivity index (χ4v) is 6.83. The van der Waals surface area contributed by atoms with Crippen molar-refractivity contribution in [3.8, 4) is 0 Å². The van der Waals surface area contributed by atoms with Crippen LogP contribution < -0.4 is 5.32 Å². The average Bonchev–Trinajstić information content (AvgIpc) is 3.11. The van der Waals surface area contributed by atoms with E-state index in [0.717, 1.165) is 32.1 Å². The number of allylic oxidation sites excluding steroid dienone is 3. The fourth-order valence-electron chi connectivity index (χ4n) is 6.83. The maximum absolute atomic E-state index is 12.4. The van der Waals surface area contributed by atoms with Gasteiger partial charge in [-0.25, -0.2) is 0 Å². The number of carbonyl (C=O) groups excluding carboxylic acids is 1. The van der Waals surface area contributed by atoms with Crippen LogP contribution in [0.5, 0.6) is 0 Å². The predicted octanol–water partition coefficient (Wildman–Crippen LogP) is 12.6. The molecule has 0 aliphatic heterocycles. The molecule has 0 aromatic rings. The number of rotatable bonds is 40. The summed E-state index contributed by atoms with van der Waals surface area (Å²) in [5.41, 5.74) is 0. The van der Waals surface area contributed by atoms with Gasteiger partial charge in [-0.15, -0.1) is 0 Å². The van der Waals surface area contributed by atoms with E-state index in [-0.39, 0.29) is 18.9 Å². The van der Waals surface area contributed by atoms with E-state index < -0.39 is 18.2 Å². The van der Waals surface area contributed by atoms with Crippen LogP contribution in [0.1, 0.15) is 232 Å². The van der Waals surface area contributed by atoms with E-state index in [1.165, 1.54) is 173 Å². The number of aliphatic hydroxyl groups excluding tert-OH is 3. The van der Waals surface area contributed by atoms with Crippen LogP contribution in [-0.2, 0) is 4.79 Å². The van der Waals surface area contributed by atoms with Crippen LogP contribution in [0.15, 0.2) is 24.3 Å². The van der Waals surface area contributed by atoms with Crippen LogP contribution >= 0.6 is 0 Å². The highest BCUT2D eigenvalue weighted by Gasteiger charge is 2.20. The molecule has 0 heterocycles. The maximum atomic E-state index is 12.4. The van der Waals surface area contributed by atoms with Gasteiger partial charge < -0.3 is 20.6 Å². The molecule has 0 radical (unpaired) electrons. The lowest BCUT2D eigenvalue weighted by atomic mass is 10.0. The maximum Gasteiger partial charge on any atom is 0.222 e. The summed E-state index contributed by atoms with van der Waals surface area (Å²) in [6, 6.07) is -0.757. The second-order valence-electron chi connectivity index (χ2n) is 15.3. The van der Waals surface area contributed by atoms with E-state index in [9.17, 15) is 20.1 Å². The SMILES string of the molecule is CCCCCCCCCCCC/C=C/CC/C=C/C(O)C(CO)NC(=O)CC(O)CCCCCCCCCCCCCCCCCCCCC. The normalized spacial score (nSPS) is 13.8. The van der Waals surface area contributed by atoms with Crippen LogP contribution in [0, 0.1) is 0 Å². The molecule has 0 saturated heterocycles. The van der Waals surface area contributed by atoms with Crippen LogP contribution in [0.4, 0.5) is 0 Å². The number of aliphatic hydroxyl groups is 3. The summed E-state index contributed by atoms with van der Waals surface area (Å²) in [6.07, 6.45) is 48.9. The highest BCUT2D eigenvalue weighted by Crippen LogP contribution is 2.16. The first-order valence-electron chi connectivity index (χ1n) is 22.1. The fraction of sp³-hybridized carbons (Fsp3) is 0.889. The number of amides is 1. The summed E-state index contributed by atoms with van der Waals surface area (Å²) in [5.74, 6) is -0.322. The van der Waals surface area contributed by atoms with Gasteiger partial charge in [0.05, 0.1) is 31.3 Å². The summed E-state index contributed by atoms with van der Waals surface area (Å²) in [6.45, 7) is 4.21. The molecular weight excluding hydrogens is 618 g/mol. The predicted molar refractivity (Wildman–Crippen MR) is 218 cm³/mol. The van der Waals surface area contributed by atoms with Crippen molar-refractivity contribution < 1.29 is 20.1 Å². The van der Waals surface area contributed by atoms with Gasteiger partial charge in [0, 0.05) is 0 Å². The largest absolute Gasteiger partial charge is 0.394 e. The van der Waals surface area contributed by atoms with E-state index in [2.05, 4.69) is 31.3 Å². The molecule has 0 spiro atoms. The molecule has 5 heteroatoms. The highest BCUT2D eigenvalue weighted by molar-refractivity contribution is 5.76. The van der Waals surface area contributed by atoms with Crippen molar-refractivity contribution in [1.29, 1.82) is 0 Å². The number of nitrogens with one attached hydrogen (secondary N) is 1. The molecule has 1 amide bonds. The quantitative estimate of drug-likeness (QED) is 0.0377. The molecule has 5 nitrogen and oxygen atoms in total. The molecule has 0 fully saturated rings. The first-order chi connectivity index (χ1) is 24.5. The van der Waals surface area contributed by atoms with Gasteiger partial charge >= 0.3 is 0 Å². The smallest absolute Gasteiger partial charge is 0.222 e. The molecule has 0 aromatic heterocycles. The molecule has 0 aliphatic rings. The van der Waals surface area contributed by atoms with Crippen LogP contribution in [-0.4, -0.2) is 46.1 Å².